The van der Waals surface area contributed by atoms with Crippen molar-refractivity contribution in [1.82, 2.24) is 14.7 Å². The number of aromatic nitrogens is 2. The first-order chi connectivity index (χ1) is 9.20. The number of aryl methyl sites for hydroxylation is 1. The average molecular weight is 258 g/mol. The lowest BCUT2D eigenvalue weighted by Crippen LogP contribution is -2.22. The Morgan fingerprint density at radius 1 is 1.21 bits per heavy atom. The van der Waals surface area contributed by atoms with E-state index in [0.29, 0.717) is 6.54 Å². The van der Waals surface area contributed by atoms with Crippen LogP contribution >= 0.6 is 0 Å². The van der Waals surface area contributed by atoms with Crippen LogP contribution in [0.5, 0.6) is 0 Å². The maximum Gasteiger partial charge on any atom is 0.0492 e. The Balaban J connectivity index is 1.90. The molecule has 0 aliphatic carbocycles. The van der Waals surface area contributed by atoms with Crippen LogP contribution in [0, 0.1) is 0 Å². The Kier molecular flexibility index (Phi) is 4.71. The Hall–Kier alpha value is -1.65. The molecule has 0 spiro atoms. The van der Waals surface area contributed by atoms with E-state index >= 15 is 0 Å². The van der Waals surface area contributed by atoms with Gasteiger partial charge in [0, 0.05) is 45.0 Å². The lowest BCUT2D eigenvalue weighted by atomic mass is 10.1. The molecule has 0 saturated heterocycles. The summed E-state index contributed by atoms with van der Waals surface area (Å²) >= 11 is 0. The zero-order valence-electron chi connectivity index (χ0n) is 11.7. The number of nitrogens with zero attached hydrogens (tertiary/aromatic N) is 3. The number of rotatable bonds is 6. The molecule has 2 rings (SSSR count). The minimum atomic E-state index is 0.603. The Bertz CT molecular complexity index is 518. The molecule has 102 valence electrons. The molecule has 0 bridgehead atoms. The summed E-state index contributed by atoms with van der Waals surface area (Å²) in [6.45, 7) is 2.55. The van der Waals surface area contributed by atoms with Crippen LogP contribution < -0.4 is 5.73 Å². The van der Waals surface area contributed by atoms with E-state index in [1.54, 1.807) is 0 Å². The van der Waals surface area contributed by atoms with Gasteiger partial charge in [0.25, 0.3) is 0 Å². The standard InChI is InChI=1S/C15H22N4/c1-18(10-8-15-7-9-17-19(15)2)12-14-6-4-3-5-13(14)11-16/h3-7,9H,8,10-12,16H2,1-2H3. The fourth-order valence-electron chi connectivity index (χ4n) is 2.23. The van der Waals surface area contributed by atoms with Crippen molar-refractivity contribution in [3.05, 3.63) is 53.3 Å². The molecule has 2 N–H and O–H groups in total. The topological polar surface area (TPSA) is 47.1 Å². The largest absolute Gasteiger partial charge is 0.326 e. The first kappa shape index (κ1) is 13.8. The Morgan fingerprint density at radius 3 is 2.58 bits per heavy atom. The molecule has 0 saturated carbocycles. The van der Waals surface area contributed by atoms with Crippen molar-refractivity contribution in [3.8, 4) is 0 Å². The van der Waals surface area contributed by atoms with Crippen molar-refractivity contribution in [2.45, 2.75) is 19.5 Å². The van der Waals surface area contributed by atoms with Crippen LogP contribution in [-0.2, 0) is 26.6 Å². The van der Waals surface area contributed by atoms with E-state index in [9.17, 15) is 0 Å². The molecule has 0 aliphatic rings. The van der Waals surface area contributed by atoms with Gasteiger partial charge in [-0.3, -0.25) is 4.68 Å². The van der Waals surface area contributed by atoms with Crippen molar-refractivity contribution in [2.24, 2.45) is 12.8 Å². The number of hydrogen-bond donors (Lipinski definition) is 1. The van der Waals surface area contributed by atoms with Crippen LogP contribution in [0.15, 0.2) is 36.5 Å². The van der Waals surface area contributed by atoms with Crippen molar-refractivity contribution < 1.29 is 0 Å². The molecule has 4 heteroatoms. The molecule has 2 aromatic rings. The first-order valence-corrected chi connectivity index (χ1v) is 6.63. The van der Waals surface area contributed by atoms with Crippen molar-refractivity contribution in [2.75, 3.05) is 13.6 Å². The molecule has 0 amide bonds. The predicted octanol–water partition coefficient (Wildman–Crippen LogP) is 1.55. The van der Waals surface area contributed by atoms with E-state index in [4.69, 9.17) is 5.73 Å². The zero-order chi connectivity index (χ0) is 13.7. The molecular formula is C15H22N4. The van der Waals surface area contributed by atoms with Crippen molar-refractivity contribution in [1.29, 1.82) is 0 Å². The van der Waals surface area contributed by atoms with Crippen LogP contribution in [0.1, 0.15) is 16.8 Å². The molecule has 0 aliphatic heterocycles. The quantitative estimate of drug-likeness (QED) is 0.855. The fourth-order valence-corrected chi connectivity index (χ4v) is 2.23. The molecule has 4 nitrogen and oxygen atoms in total. The van der Waals surface area contributed by atoms with E-state index in [1.165, 1.54) is 16.8 Å². The van der Waals surface area contributed by atoms with E-state index in [1.807, 2.05) is 24.0 Å². The summed E-state index contributed by atoms with van der Waals surface area (Å²) in [7, 11) is 4.13. The second-order valence-corrected chi connectivity index (χ2v) is 4.91. The Morgan fingerprint density at radius 2 is 1.95 bits per heavy atom. The average Bonchev–Trinajstić information content (AvgIpc) is 2.82. The van der Waals surface area contributed by atoms with Gasteiger partial charge in [0.2, 0.25) is 0 Å². The summed E-state index contributed by atoms with van der Waals surface area (Å²) in [4.78, 5) is 2.32. The van der Waals surface area contributed by atoms with E-state index in [-0.39, 0.29) is 0 Å². The van der Waals surface area contributed by atoms with Crippen LogP contribution in [0.3, 0.4) is 0 Å². The highest BCUT2D eigenvalue weighted by molar-refractivity contribution is 5.26. The first-order valence-electron chi connectivity index (χ1n) is 6.63. The number of benzene rings is 1. The molecule has 0 fully saturated rings. The van der Waals surface area contributed by atoms with Crippen molar-refractivity contribution >= 4 is 0 Å². The zero-order valence-corrected chi connectivity index (χ0v) is 11.7. The summed E-state index contributed by atoms with van der Waals surface area (Å²) in [5.41, 5.74) is 9.58. The third kappa shape index (κ3) is 3.66. The molecule has 0 atom stereocenters. The third-order valence-electron chi connectivity index (χ3n) is 3.45. The van der Waals surface area contributed by atoms with Gasteiger partial charge in [-0.25, -0.2) is 0 Å². The number of nitrogens with two attached hydrogens (primary N) is 1. The van der Waals surface area contributed by atoms with E-state index in [0.717, 1.165) is 19.5 Å². The summed E-state index contributed by atoms with van der Waals surface area (Å²) in [6.07, 6.45) is 2.86. The van der Waals surface area contributed by atoms with Crippen molar-refractivity contribution in [3.63, 3.8) is 0 Å². The van der Waals surface area contributed by atoms with Gasteiger partial charge < -0.3 is 10.6 Å². The van der Waals surface area contributed by atoms with E-state index in [2.05, 4.69) is 41.3 Å². The van der Waals surface area contributed by atoms with Gasteiger partial charge >= 0.3 is 0 Å². The summed E-state index contributed by atoms with van der Waals surface area (Å²) in [5, 5.41) is 4.19. The maximum atomic E-state index is 5.77. The monoisotopic (exact) mass is 258 g/mol. The predicted molar refractivity (Wildman–Crippen MR) is 77.6 cm³/mol. The Labute approximate surface area is 114 Å². The van der Waals surface area contributed by atoms with Gasteiger partial charge in [-0.15, -0.1) is 0 Å². The van der Waals surface area contributed by atoms with Gasteiger partial charge in [0.1, 0.15) is 0 Å². The van der Waals surface area contributed by atoms with Crippen LogP contribution in [0.25, 0.3) is 0 Å². The third-order valence-corrected chi connectivity index (χ3v) is 3.45. The highest BCUT2D eigenvalue weighted by Crippen LogP contribution is 2.10. The molecule has 1 heterocycles. The summed E-state index contributed by atoms with van der Waals surface area (Å²) < 4.78 is 1.93. The minimum Gasteiger partial charge on any atom is -0.326 e. The highest BCUT2D eigenvalue weighted by Gasteiger charge is 2.06. The van der Waals surface area contributed by atoms with Crippen LogP contribution in [0.4, 0.5) is 0 Å². The molecule has 19 heavy (non-hydrogen) atoms. The number of likely N-dealkylation sites (N-methyl/N-ethyl adjacent to an activating group) is 1. The fraction of sp³-hybridized carbons (Fsp3) is 0.400. The number of hydrogen-bond acceptors (Lipinski definition) is 3. The molecule has 1 aromatic carbocycles. The second-order valence-electron chi connectivity index (χ2n) is 4.91. The summed E-state index contributed by atoms with van der Waals surface area (Å²) in [6, 6.07) is 10.4. The molecule has 0 unspecified atom stereocenters. The van der Waals surface area contributed by atoms with Crippen LogP contribution in [0.2, 0.25) is 0 Å². The van der Waals surface area contributed by atoms with Gasteiger partial charge in [-0.1, -0.05) is 24.3 Å². The highest BCUT2D eigenvalue weighted by atomic mass is 15.3. The second kappa shape index (κ2) is 6.50. The SMILES string of the molecule is CN(CCc1ccnn1C)Cc1ccccc1CN. The smallest absolute Gasteiger partial charge is 0.0492 e. The van der Waals surface area contributed by atoms with Gasteiger partial charge in [-0.05, 0) is 24.2 Å². The molecule has 1 aromatic heterocycles. The normalized spacial score (nSPS) is 11.2. The van der Waals surface area contributed by atoms with Gasteiger partial charge in [0.15, 0.2) is 0 Å². The summed E-state index contributed by atoms with van der Waals surface area (Å²) in [5.74, 6) is 0. The lowest BCUT2D eigenvalue weighted by Gasteiger charge is -2.18. The van der Waals surface area contributed by atoms with Gasteiger partial charge in [-0.2, -0.15) is 5.10 Å². The van der Waals surface area contributed by atoms with Gasteiger partial charge in [0.05, 0.1) is 0 Å². The maximum absolute atomic E-state index is 5.77. The minimum absolute atomic E-state index is 0.603. The van der Waals surface area contributed by atoms with Crippen LogP contribution in [-0.4, -0.2) is 28.3 Å². The molecular weight excluding hydrogens is 236 g/mol. The van der Waals surface area contributed by atoms with E-state index < -0.39 is 0 Å². The molecule has 0 radical (unpaired) electrons. The lowest BCUT2D eigenvalue weighted by molar-refractivity contribution is 0.327.